The highest BCUT2D eigenvalue weighted by Crippen LogP contribution is 2.11. The van der Waals surface area contributed by atoms with E-state index >= 15 is 0 Å². The van der Waals surface area contributed by atoms with Crippen LogP contribution in [0.5, 0.6) is 5.75 Å². The molecule has 0 fully saturated rings. The van der Waals surface area contributed by atoms with Crippen LogP contribution in [0.3, 0.4) is 0 Å². The van der Waals surface area contributed by atoms with E-state index in [0.717, 1.165) is 11.3 Å². The number of ether oxygens (including phenoxy) is 1. The van der Waals surface area contributed by atoms with E-state index in [1.165, 1.54) is 0 Å². The Kier molecular flexibility index (Phi) is 5.10. The fraction of sp³-hybridized carbons (Fsp3) is 0.455. The summed E-state index contributed by atoms with van der Waals surface area (Å²) >= 11 is 0. The van der Waals surface area contributed by atoms with E-state index in [2.05, 4.69) is 5.32 Å². The van der Waals surface area contributed by atoms with E-state index in [9.17, 15) is 5.11 Å². The van der Waals surface area contributed by atoms with Crippen LogP contribution in [-0.2, 0) is 6.54 Å². The Morgan fingerprint density at radius 1 is 1.53 bits per heavy atom. The van der Waals surface area contributed by atoms with Crippen LogP contribution in [0.4, 0.5) is 0 Å². The van der Waals surface area contributed by atoms with Gasteiger partial charge in [-0.2, -0.15) is 0 Å². The van der Waals surface area contributed by atoms with Crippen molar-refractivity contribution in [1.29, 1.82) is 0 Å². The van der Waals surface area contributed by atoms with Crippen LogP contribution < -0.4 is 15.8 Å². The second kappa shape index (κ2) is 6.40. The maximum Gasteiger partial charge on any atom is 0.119 e. The van der Waals surface area contributed by atoms with Gasteiger partial charge < -0.3 is 20.9 Å². The third-order valence-corrected chi connectivity index (χ3v) is 2.12. The monoisotopic (exact) mass is 210 g/mol. The van der Waals surface area contributed by atoms with E-state index in [4.69, 9.17) is 10.5 Å². The van der Waals surface area contributed by atoms with Gasteiger partial charge >= 0.3 is 0 Å². The van der Waals surface area contributed by atoms with E-state index < -0.39 is 6.10 Å². The average Bonchev–Trinajstić information content (AvgIpc) is 2.29. The summed E-state index contributed by atoms with van der Waals surface area (Å²) in [5.74, 6) is 0.841. The van der Waals surface area contributed by atoms with Crippen molar-refractivity contribution >= 4 is 0 Å². The van der Waals surface area contributed by atoms with Gasteiger partial charge in [-0.1, -0.05) is 12.1 Å². The van der Waals surface area contributed by atoms with E-state index in [0.29, 0.717) is 13.1 Å². The van der Waals surface area contributed by atoms with Gasteiger partial charge in [-0.05, 0) is 17.7 Å². The van der Waals surface area contributed by atoms with Gasteiger partial charge in [0.05, 0.1) is 13.2 Å². The lowest BCUT2D eigenvalue weighted by atomic mass is 10.2. The molecule has 15 heavy (non-hydrogen) atoms. The molecule has 0 aliphatic rings. The minimum atomic E-state index is -0.476. The van der Waals surface area contributed by atoms with Crippen LogP contribution in [0.1, 0.15) is 5.56 Å². The number of aliphatic hydroxyl groups excluding tert-OH is 1. The molecule has 0 amide bonds. The van der Waals surface area contributed by atoms with Gasteiger partial charge in [0.2, 0.25) is 0 Å². The molecular weight excluding hydrogens is 192 g/mol. The summed E-state index contributed by atoms with van der Waals surface area (Å²) in [6, 6.07) is 7.81. The van der Waals surface area contributed by atoms with Crippen molar-refractivity contribution in [2.45, 2.75) is 12.6 Å². The first-order valence-electron chi connectivity index (χ1n) is 4.98. The van der Waals surface area contributed by atoms with E-state index in [-0.39, 0.29) is 6.54 Å². The lowest BCUT2D eigenvalue weighted by molar-refractivity contribution is 0.179. The number of benzene rings is 1. The molecule has 1 unspecified atom stereocenters. The van der Waals surface area contributed by atoms with Crippen LogP contribution in [0, 0.1) is 0 Å². The molecule has 0 saturated heterocycles. The molecule has 1 atom stereocenters. The lowest BCUT2D eigenvalue weighted by Gasteiger charge is -2.09. The highest BCUT2D eigenvalue weighted by molar-refractivity contribution is 5.28. The first kappa shape index (κ1) is 12.0. The fourth-order valence-electron chi connectivity index (χ4n) is 1.25. The van der Waals surface area contributed by atoms with Gasteiger partial charge in [0.25, 0.3) is 0 Å². The first-order chi connectivity index (χ1) is 7.26. The maximum atomic E-state index is 9.22. The van der Waals surface area contributed by atoms with Gasteiger partial charge in [0.1, 0.15) is 5.75 Å². The molecule has 0 heterocycles. The smallest absolute Gasteiger partial charge is 0.119 e. The van der Waals surface area contributed by atoms with Crippen LogP contribution in [0.2, 0.25) is 0 Å². The zero-order valence-corrected chi connectivity index (χ0v) is 8.94. The van der Waals surface area contributed by atoms with Gasteiger partial charge in [-0.15, -0.1) is 0 Å². The molecule has 1 aromatic rings. The average molecular weight is 210 g/mol. The maximum absolute atomic E-state index is 9.22. The van der Waals surface area contributed by atoms with Crippen molar-refractivity contribution in [3.05, 3.63) is 29.8 Å². The number of aliphatic hydroxyl groups is 1. The Labute approximate surface area is 90.1 Å². The number of hydrogen-bond acceptors (Lipinski definition) is 4. The van der Waals surface area contributed by atoms with Crippen LogP contribution >= 0.6 is 0 Å². The SMILES string of the molecule is COc1cccc(CNCC(O)CN)c1. The van der Waals surface area contributed by atoms with Crippen LogP contribution in [0.15, 0.2) is 24.3 Å². The third-order valence-electron chi connectivity index (χ3n) is 2.12. The molecular formula is C11H18N2O2. The van der Waals surface area contributed by atoms with Crippen molar-refractivity contribution in [2.75, 3.05) is 20.2 Å². The summed E-state index contributed by atoms with van der Waals surface area (Å²) < 4.78 is 5.11. The minimum Gasteiger partial charge on any atom is -0.497 e. The fourth-order valence-corrected chi connectivity index (χ4v) is 1.25. The van der Waals surface area contributed by atoms with Crippen LogP contribution in [0.25, 0.3) is 0 Å². The molecule has 0 spiro atoms. The Morgan fingerprint density at radius 2 is 2.33 bits per heavy atom. The second-order valence-corrected chi connectivity index (χ2v) is 3.37. The molecule has 0 radical (unpaired) electrons. The molecule has 0 saturated carbocycles. The van der Waals surface area contributed by atoms with Gasteiger partial charge in [-0.25, -0.2) is 0 Å². The Hall–Kier alpha value is -1.10. The molecule has 0 aliphatic carbocycles. The number of nitrogens with one attached hydrogen (secondary N) is 1. The first-order valence-corrected chi connectivity index (χ1v) is 4.98. The van der Waals surface area contributed by atoms with Crippen molar-refractivity contribution < 1.29 is 9.84 Å². The summed E-state index contributed by atoms with van der Waals surface area (Å²) in [5, 5.41) is 12.3. The van der Waals surface area contributed by atoms with Crippen molar-refractivity contribution in [3.8, 4) is 5.75 Å². The molecule has 84 valence electrons. The van der Waals surface area contributed by atoms with Gasteiger partial charge in [0, 0.05) is 19.6 Å². The quantitative estimate of drug-likeness (QED) is 0.623. The highest BCUT2D eigenvalue weighted by Gasteiger charge is 2.00. The lowest BCUT2D eigenvalue weighted by Crippen LogP contribution is -2.32. The summed E-state index contributed by atoms with van der Waals surface area (Å²) in [4.78, 5) is 0. The summed E-state index contributed by atoms with van der Waals surface area (Å²) in [6.45, 7) is 1.49. The summed E-state index contributed by atoms with van der Waals surface area (Å²) in [7, 11) is 1.64. The van der Waals surface area contributed by atoms with E-state index in [1.54, 1.807) is 7.11 Å². The molecule has 4 heteroatoms. The van der Waals surface area contributed by atoms with Crippen molar-refractivity contribution in [1.82, 2.24) is 5.32 Å². The largest absolute Gasteiger partial charge is 0.497 e. The molecule has 0 aliphatic heterocycles. The molecule has 1 aromatic carbocycles. The normalized spacial score (nSPS) is 12.5. The molecule has 4 nitrogen and oxygen atoms in total. The Bertz CT molecular complexity index is 292. The number of rotatable bonds is 6. The van der Waals surface area contributed by atoms with Gasteiger partial charge in [-0.3, -0.25) is 0 Å². The number of methoxy groups -OCH3 is 1. The van der Waals surface area contributed by atoms with Crippen molar-refractivity contribution in [2.24, 2.45) is 5.73 Å². The highest BCUT2D eigenvalue weighted by atomic mass is 16.5. The zero-order valence-electron chi connectivity index (χ0n) is 8.94. The summed E-state index contributed by atoms with van der Waals surface area (Å²) in [6.07, 6.45) is -0.476. The third kappa shape index (κ3) is 4.29. The Morgan fingerprint density at radius 3 is 3.00 bits per heavy atom. The predicted molar refractivity (Wildman–Crippen MR) is 59.8 cm³/mol. The molecule has 0 aromatic heterocycles. The predicted octanol–water partition coefficient (Wildman–Crippen LogP) is 0.104. The Balaban J connectivity index is 2.37. The number of nitrogens with two attached hydrogens (primary N) is 1. The van der Waals surface area contributed by atoms with Gasteiger partial charge in [0.15, 0.2) is 0 Å². The zero-order chi connectivity index (χ0) is 11.1. The standard InChI is InChI=1S/C11H18N2O2/c1-15-11-4-2-3-9(5-11)7-13-8-10(14)6-12/h2-5,10,13-14H,6-8,12H2,1H3. The van der Waals surface area contributed by atoms with Crippen LogP contribution in [-0.4, -0.2) is 31.4 Å². The van der Waals surface area contributed by atoms with E-state index in [1.807, 2.05) is 24.3 Å². The second-order valence-electron chi connectivity index (χ2n) is 3.37. The van der Waals surface area contributed by atoms with Crippen molar-refractivity contribution in [3.63, 3.8) is 0 Å². The number of hydrogen-bond donors (Lipinski definition) is 3. The molecule has 1 rings (SSSR count). The summed E-state index contributed by atoms with van der Waals surface area (Å²) in [5.41, 5.74) is 6.41. The minimum absolute atomic E-state index is 0.283. The molecule has 0 bridgehead atoms. The topological polar surface area (TPSA) is 67.5 Å². The molecule has 4 N–H and O–H groups in total.